The highest BCUT2D eigenvalue weighted by atomic mass is 16.5. The minimum absolute atomic E-state index is 0.143. The average Bonchev–Trinajstić information content (AvgIpc) is 2.92. The van der Waals surface area contributed by atoms with E-state index in [4.69, 9.17) is 4.74 Å². The van der Waals surface area contributed by atoms with Crippen LogP contribution in [-0.4, -0.2) is 30.6 Å². The van der Waals surface area contributed by atoms with Gasteiger partial charge in [0, 0.05) is 36.7 Å². The highest BCUT2D eigenvalue weighted by Gasteiger charge is 2.18. The quantitative estimate of drug-likeness (QED) is 0.436. The fourth-order valence-corrected chi connectivity index (χ4v) is 3.94. The number of carbonyl (C=O) groups excluding carboxylic acids is 2. The lowest BCUT2D eigenvalue weighted by atomic mass is 9.88. The zero-order valence-corrected chi connectivity index (χ0v) is 19.6. The van der Waals surface area contributed by atoms with Crippen molar-refractivity contribution in [1.82, 2.24) is 15.6 Å². The summed E-state index contributed by atoms with van der Waals surface area (Å²) >= 11 is 0. The lowest BCUT2D eigenvalue weighted by Gasteiger charge is -2.20. The summed E-state index contributed by atoms with van der Waals surface area (Å²) in [6.07, 6.45) is 9.23. The number of carbonyl (C=O) groups is 2. The number of allylic oxidation sites excluding steroid dienone is 2. The van der Waals surface area contributed by atoms with Gasteiger partial charge in [0.15, 0.2) is 0 Å². The summed E-state index contributed by atoms with van der Waals surface area (Å²) in [4.78, 5) is 29.6. The fraction of sp³-hybridized carbons (Fsp3) is 0.179. The summed E-state index contributed by atoms with van der Waals surface area (Å²) in [5.41, 5.74) is 5.14. The number of ether oxygens (including phenoxy) is 1. The first-order valence-electron chi connectivity index (χ1n) is 11.5. The molecule has 178 valence electrons. The Balaban J connectivity index is 1.46. The molecule has 0 bridgehead atoms. The molecule has 3 N–H and O–H groups in total. The molecular formula is C28H28N4O3. The van der Waals surface area contributed by atoms with Crippen molar-refractivity contribution in [1.29, 1.82) is 0 Å². The van der Waals surface area contributed by atoms with Gasteiger partial charge in [-0.1, -0.05) is 36.4 Å². The number of urea groups is 1. The fourth-order valence-electron chi connectivity index (χ4n) is 3.94. The van der Waals surface area contributed by atoms with E-state index >= 15 is 0 Å². The highest BCUT2D eigenvalue weighted by Crippen LogP contribution is 2.30. The van der Waals surface area contributed by atoms with Gasteiger partial charge in [0.2, 0.25) is 0 Å². The first-order valence-corrected chi connectivity index (χ1v) is 11.5. The van der Waals surface area contributed by atoms with E-state index in [9.17, 15) is 9.59 Å². The Morgan fingerprint density at radius 3 is 2.57 bits per heavy atom. The van der Waals surface area contributed by atoms with E-state index < -0.39 is 0 Å². The molecule has 1 aromatic heterocycles. The molecule has 0 spiro atoms. The van der Waals surface area contributed by atoms with Gasteiger partial charge < -0.3 is 20.7 Å². The second-order valence-corrected chi connectivity index (χ2v) is 8.07. The normalized spacial score (nSPS) is 12.7. The van der Waals surface area contributed by atoms with Crippen LogP contribution >= 0.6 is 0 Å². The molecule has 1 aliphatic carbocycles. The Labute approximate surface area is 204 Å². The highest BCUT2D eigenvalue weighted by molar-refractivity contribution is 6.00. The number of pyridine rings is 1. The minimum atomic E-state index is -0.302. The van der Waals surface area contributed by atoms with Gasteiger partial charge in [-0.05, 0) is 71.5 Å². The number of aromatic nitrogens is 1. The molecule has 3 aromatic rings. The third kappa shape index (κ3) is 6.35. The van der Waals surface area contributed by atoms with Crippen molar-refractivity contribution in [3.8, 4) is 5.75 Å². The molecule has 0 aliphatic heterocycles. The van der Waals surface area contributed by atoms with Crippen molar-refractivity contribution in [3.05, 3.63) is 107 Å². The topological polar surface area (TPSA) is 92.4 Å². The van der Waals surface area contributed by atoms with Gasteiger partial charge >= 0.3 is 6.03 Å². The van der Waals surface area contributed by atoms with Gasteiger partial charge in [-0.15, -0.1) is 0 Å². The van der Waals surface area contributed by atoms with E-state index in [-0.39, 0.29) is 11.9 Å². The van der Waals surface area contributed by atoms with Crippen LogP contribution in [0.15, 0.2) is 90.8 Å². The van der Waals surface area contributed by atoms with E-state index in [2.05, 4.69) is 27.0 Å². The van der Waals surface area contributed by atoms with E-state index in [1.807, 2.05) is 42.5 Å². The molecule has 0 fully saturated rings. The van der Waals surface area contributed by atoms with Crippen molar-refractivity contribution >= 4 is 23.2 Å². The van der Waals surface area contributed by atoms with Crippen LogP contribution in [0.25, 0.3) is 5.57 Å². The molecule has 35 heavy (non-hydrogen) atoms. The maximum absolute atomic E-state index is 13.0. The molecule has 7 nitrogen and oxygen atoms in total. The van der Waals surface area contributed by atoms with E-state index in [0.717, 1.165) is 40.9 Å². The maximum Gasteiger partial charge on any atom is 0.319 e. The zero-order valence-electron chi connectivity index (χ0n) is 19.6. The van der Waals surface area contributed by atoms with Gasteiger partial charge in [-0.3, -0.25) is 9.78 Å². The number of methoxy groups -OCH3 is 1. The Morgan fingerprint density at radius 1 is 0.971 bits per heavy atom. The van der Waals surface area contributed by atoms with Crippen molar-refractivity contribution in [3.63, 3.8) is 0 Å². The van der Waals surface area contributed by atoms with Gasteiger partial charge in [0.05, 0.1) is 7.11 Å². The summed E-state index contributed by atoms with van der Waals surface area (Å²) in [5, 5.41) is 8.74. The summed E-state index contributed by atoms with van der Waals surface area (Å²) < 4.78 is 5.15. The van der Waals surface area contributed by atoms with E-state index in [1.165, 1.54) is 0 Å². The lowest BCUT2D eigenvalue weighted by Crippen LogP contribution is -2.30. The molecule has 0 saturated heterocycles. The molecule has 1 heterocycles. The second-order valence-electron chi connectivity index (χ2n) is 8.07. The third-order valence-electron chi connectivity index (χ3n) is 5.73. The van der Waals surface area contributed by atoms with Crippen molar-refractivity contribution in [2.24, 2.45) is 0 Å². The molecule has 2 aromatic carbocycles. The van der Waals surface area contributed by atoms with Crippen LogP contribution in [0.2, 0.25) is 0 Å². The predicted molar refractivity (Wildman–Crippen MR) is 137 cm³/mol. The third-order valence-corrected chi connectivity index (χ3v) is 5.73. The molecule has 7 heteroatoms. The molecule has 0 unspecified atom stereocenters. The largest absolute Gasteiger partial charge is 0.497 e. The summed E-state index contributed by atoms with van der Waals surface area (Å²) in [5.74, 6) is 0.581. The van der Waals surface area contributed by atoms with Crippen molar-refractivity contribution in [2.75, 3.05) is 19.0 Å². The maximum atomic E-state index is 13.0. The SMILES string of the molecule is COc1ccc(NC(=O)NCC2=C(c3ccccc3C(=O)NCc3cccnc3)CCC=C2)cc1. The molecule has 1 aliphatic rings. The average molecular weight is 469 g/mol. The van der Waals surface area contributed by atoms with Gasteiger partial charge in [-0.25, -0.2) is 4.79 Å². The number of nitrogens with zero attached hydrogens (tertiary/aromatic N) is 1. The van der Waals surface area contributed by atoms with Crippen LogP contribution in [0.4, 0.5) is 10.5 Å². The second kappa shape index (κ2) is 11.7. The first kappa shape index (κ1) is 23.8. The van der Waals surface area contributed by atoms with Crippen LogP contribution in [0.5, 0.6) is 5.75 Å². The van der Waals surface area contributed by atoms with E-state index in [0.29, 0.717) is 24.3 Å². The van der Waals surface area contributed by atoms with Gasteiger partial charge in [0.25, 0.3) is 5.91 Å². The van der Waals surface area contributed by atoms with Crippen LogP contribution in [0.1, 0.15) is 34.3 Å². The molecule has 0 atom stereocenters. The molecular weight excluding hydrogens is 440 g/mol. The van der Waals surface area contributed by atoms with Crippen LogP contribution in [0.3, 0.4) is 0 Å². The monoisotopic (exact) mass is 468 g/mol. The molecule has 0 saturated carbocycles. The number of anilines is 1. The molecule has 3 amide bonds. The molecule has 0 radical (unpaired) electrons. The van der Waals surface area contributed by atoms with Crippen molar-refractivity contribution < 1.29 is 14.3 Å². The standard InChI is InChI=1S/C28H28N4O3/c1-35-23-14-12-22(13-15-23)32-28(34)31-19-21-8-2-3-9-24(21)25-10-4-5-11-26(25)27(33)30-18-20-7-6-16-29-17-20/h2,4-8,10-17H,3,9,18-19H2,1H3,(H,30,33)(H2,31,32,34). The first-order chi connectivity index (χ1) is 17.1. The Hall–Kier alpha value is -4.39. The number of hydrogen-bond acceptors (Lipinski definition) is 4. The zero-order chi connectivity index (χ0) is 24.5. The van der Waals surface area contributed by atoms with Gasteiger partial charge in [-0.2, -0.15) is 0 Å². The summed E-state index contributed by atoms with van der Waals surface area (Å²) in [7, 11) is 1.60. The number of amides is 3. The number of hydrogen-bond donors (Lipinski definition) is 3. The predicted octanol–water partition coefficient (Wildman–Crippen LogP) is 4.95. The number of rotatable bonds is 8. The summed E-state index contributed by atoms with van der Waals surface area (Å²) in [6, 6.07) is 18.2. The number of nitrogens with one attached hydrogen (secondary N) is 3. The summed E-state index contributed by atoms with van der Waals surface area (Å²) in [6.45, 7) is 0.749. The number of benzene rings is 2. The lowest BCUT2D eigenvalue weighted by molar-refractivity contribution is 0.0950. The Morgan fingerprint density at radius 2 is 1.80 bits per heavy atom. The van der Waals surface area contributed by atoms with Gasteiger partial charge in [0.1, 0.15) is 5.75 Å². The Bertz CT molecular complexity index is 1230. The van der Waals surface area contributed by atoms with Crippen LogP contribution < -0.4 is 20.7 Å². The van der Waals surface area contributed by atoms with Crippen LogP contribution in [-0.2, 0) is 6.54 Å². The van der Waals surface area contributed by atoms with Crippen LogP contribution in [0, 0.1) is 0 Å². The molecule has 4 rings (SSSR count). The minimum Gasteiger partial charge on any atom is -0.497 e. The van der Waals surface area contributed by atoms with Crippen molar-refractivity contribution in [2.45, 2.75) is 19.4 Å². The Kier molecular flexibility index (Phi) is 7.91. The van der Waals surface area contributed by atoms with E-state index in [1.54, 1.807) is 43.8 Å². The smallest absolute Gasteiger partial charge is 0.319 e.